The minimum Gasteiger partial charge on any atom is -0.491 e. The second kappa shape index (κ2) is 5.26. The quantitative estimate of drug-likeness (QED) is 0.908. The molecule has 0 spiro atoms. The molecule has 0 saturated heterocycles. The second-order valence-corrected chi connectivity index (χ2v) is 6.04. The van der Waals surface area contributed by atoms with Gasteiger partial charge in [-0.2, -0.15) is 0 Å². The van der Waals surface area contributed by atoms with Gasteiger partial charge in [0.25, 0.3) is 0 Å². The number of nitrogens with one attached hydrogen (secondary N) is 1. The fourth-order valence-corrected chi connectivity index (χ4v) is 3.25. The fraction of sp³-hybridized carbons (Fsp3) is 0.267. The Morgan fingerprint density at radius 1 is 1.50 bits per heavy atom. The minimum atomic E-state index is -0.862. The summed E-state index contributed by atoms with van der Waals surface area (Å²) in [7, 11) is 0. The molecule has 1 aliphatic heterocycles. The molecular formula is C15H15NO3S. The summed E-state index contributed by atoms with van der Waals surface area (Å²) in [5, 5.41) is 12.4. The zero-order chi connectivity index (χ0) is 14.1. The maximum atomic E-state index is 11.0. The molecule has 0 radical (unpaired) electrons. The molecule has 1 atom stereocenters. The van der Waals surface area contributed by atoms with Crippen molar-refractivity contribution in [1.82, 2.24) is 5.32 Å². The standard InChI is InChI=1S/C15H15NO3S/c1-9-10(6-14(20-9)15(17)18)7-16-12-8-19-13-5-3-2-4-11(12)13/h2-6,12,16H,7-8H2,1H3,(H,17,18). The van der Waals surface area contributed by atoms with Crippen molar-refractivity contribution >= 4 is 17.3 Å². The van der Waals surface area contributed by atoms with Crippen LogP contribution in [0.5, 0.6) is 5.75 Å². The number of ether oxygens (including phenoxy) is 1. The first-order chi connectivity index (χ1) is 9.65. The molecule has 20 heavy (non-hydrogen) atoms. The lowest BCUT2D eigenvalue weighted by atomic mass is 10.1. The van der Waals surface area contributed by atoms with E-state index < -0.39 is 5.97 Å². The van der Waals surface area contributed by atoms with Crippen LogP contribution in [-0.2, 0) is 6.54 Å². The molecule has 3 rings (SSSR count). The van der Waals surface area contributed by atoms with Gasteiger partial charge in [-0.25, -0.2) is 4.79 Å². The molecular weight excluding hydrogens is 274 g/mol. The third-order valence-electron chi connectivity index (χ3n) is 3.47. The summed E-state index contributed by atoms with van der Waals surface area (Å²) in [6.45, 7) is 3.22. The zero-order valence-corrected chi connectivity index (χ0v) is 11.9. The lowest BCUT2D eigenvalue weighted by Crippen LogP contribution is -2.22. The summed E-state index contributed by atoms with van der Waals surface area (Å²) < 4.78 is 5.62. The van der Waals surface area contributed by atoms with Crippen LogP contribution in [0.1, 0.15) is 31.7 Å². The predicted molar refractivity (Wildman–Crippen MR) is 77.5 cm³/mol. The highest BCUT2D eigenvalue weighted by molar-refractivity contribution is 7.14. The molecule has 1 unspecified atom stereocenters. The summed E-state index contributed by atoms with van der Waals surface area (Å²) in [5.41, 5.74) is 2.20. The first kappa shape index (κ1) is 13.1. The van der Waals surface area contributed by atoms with Crippen LogP contribution in [0.3, 0.4) is 0 Å². The van der Waals surface area contributed by atoms with E-state index in [1.54, 1.807) is 6.07 Å². The van der Waals surface area contributed by atoms with Crippen LogP contribution in [0.4, 0.5) is 0 Å². The van der Waals surface area contributed by atoms with Gasteiger partial charge in [0.15, 0.2) is 0 Å². The second-order valence-electron chi connectivity index (χ2n) is 4.78. The van der Waals surface area contributed by atoms with Gasteiger partial charge >= 0.3 is 5.97 Å². The highest BCUT2D eigenvalue weighted by Gasteiger charge is 2.23. The average molecular weight is 289 g/mol. The molecule has 4 nitrogen and oxygen atoms in total. The Morgan fingerprint density at radius 2 is 2.30 bits per heavy atom. The first-order valence-electron chi connectivity index (χ1n) is 6.43. The molecule has 104 valence electrons. The lowest BCUT2D eigenvalue weighted by Gasteiger charge is -2.11. The number of benzene rings is 1. The Kier molecular flexibility index (Phi) is 3.46. The number of aromatic carboxylic acids is 1. The molecule has 2 N–H and O–H groups in total. The van der Waals surface area contributed by atoms with Crippen LogP contribution in [0, 0.1) is 6.92 Å². The lowest BCUT2D eigenvalue weighted by molar-refractivity contribution is 0.0702. The number of hydrogen-bond acceptors (Lipinski definition) is 4. The molecule has 0 fully saturated rings. The van der Waals surface area contributed by atoms with Gasteiger partial charge in [-0.05, 0) is 24.6 Å². The molecule has 5 heteroatoms. The number of thiophene rings is 1. The number of rotatable bonds is 4. The van der Waals surface area contributed by atoms with E-state index in [0.29, 0.717) is 18.0 Å². The summed E-state index contributed by atoms with van der Waals surface area (Å²) in [6.07, 6.45) is 0. The summed E-state index contributed by atoms with van der Waals surface area (Å²) in [6, 6.07) is 9.90. The largest absolute Gasteiger partial charge is 0.491 e. The Bertz CT molecular complexity index is 650. The van der Waals surface area contributed by atoms with Gasteiger partial charge in [0, 0.05) is 17.0 Å². The molecule has 2 aromatic rings. The van der Waals surface area contributed by atoms with E-state index in [1.807, 2.05) is 25.1 Å². The van der Waals surface area contributed by atoms with Gasteiger partial charge in [0.2, 0.25) is 0 Å². The number of carboxylic acid groups (broad SMARTS) is 1. The third kappa shape index (κ3) is 2.42. The van der Waals surface area contributed by atoms with Crippen molar-refractivity contribution in [2.45, 2.75) is 19.5 Å². The molecule has 1 aliphatic rings. The van der Waals surface area contributed by atoms with Crippen molar-refractivity contribution < 1.29 is 14.6 Å². The Labute approximate surface area is 121 Å². The number of carboxylic acids is 1. The minimum absolute atomic E-state index is 0.166. The van der Waals surface area contributed by atoms with E-state index in [-0.39, 0.29) is 6.04 Å². The number of aryl methyl sites for hydroxylation is 1. The number of hydrogen-bond donors (Lipinski definition) is 2. The Morgan fingerprint density at radius 3 is 3.05 bits per heavy atom. The highest BCUT2D eigenvalue weighted by atomic mass is 32.1. The van der Waals surface area contributed by atoms with Gasteiger partial charge < -0.3 is 15.2 Å². The number of carbonyl (C=O) groups is 1. The molecule has 0 amide bonds. The van der Waals surface area contributed by atoms with Crippen molar-refractivity contribution in [2.75, 3.05) is 6.61 Å². The van der Waals surface area contributed by atoms with Crippen LogP contribution in [0.15, 0.2) is 30.3 Å². The van der Waals surface area contributed by atoms with Crippen LogP contribution in [0.2, 0.25) is 0 Å². The normalized spacial score (nSPS) is 16.8. The SMILES string of the molecule is Cc1sc(C(=O)O)cc1CNC1COc2ccccc21. The Balaban J connectivity index is 1.70. The maximum absolute atomic E-state index is 11.0. The van der Waals surface area contributed by atoms with E-state index in [2.05, 4.69) is 11.4 Å². The molecule has 0 bridgehead atoms. The topological polar surface area (TPSA) is 58.6 Å². The smallest absolute Gasteiger partial charge is 0.345 e. The number of para-hydroxylation sites is 1. The molecule has 0 saturated carbocycles. The molecule has 2 heterocycles. The van der Waals surface area contributed by atoms with Gasteiger partial charge in [0.05, 0.1) is 6.04 Å². The number of fused-ring (bicyclic) bond motifs is 1. The van der Waals surface area contributed by atoms with E-state index in [9.17, 15) is 4.79 Å². The first-order valence-corrected chi connectivity index (χ1v) is 7.24. The van der Waals surface area contributed by atoms with Gasteiger partial charge in [0.1, 0.15) is 17.2 Å². The van der Waals surface area contributed by atoms with Gasteiger partial charge in [-0.3, -0.25) is 0 Å². The van der Waals surface area contributed by atoms with Crippen molar-refractivity contribution in [2.24, 2.45) is 0 Å². The van der Waals surface area contributed by atoms with Crippen molar-refractivity contribution in [3.8, 4) is 5.75 Å². The van der Waals surface area contributed by atoms with E-state index in [1.165, 1.54) is 16.9 Å². The average Bonchev–Trinajstić information content (AvgIpc) is 3.00. The van der Waals surface area contributed by atoms with Crippen molar-refractivity contribution in [3.05, 3.63) is 51.2 Å². The van der Waals surface area contributed by atoms with Crippen LogP contribution in [0.25, 0.3) is 0 Å². The predicted octanol–water partition coefficient (Wildman–Crippen LogP) is 2.98. The molecule has 0 aliphatic carbocycles. The van der Waals surface area contributed by atoms with E-state index >= 15 is 0 Å². The van der Waals surface area contributed by atoms with Gasteiger partial charge in [-0.15, -0.1) is 11.3 Å². The zero-order valence-electron chi connectivity index (χ0n) is 11.1. The third-order valence-corrected chi connectivity index (χ3v) is 4.55. The van der Waals surface area contributed by atoms with Crippen molar-refractivity contribution in [1.29, 1.82) is 0 Å². The molecule has 1 aromatic heterocycles. The molecule has 1 aromatic carbocycles. The van der Waals surface area contributed by atoms with E-state index in [4.69, 9.17) is 9.84 Å². The Hall–Kier alpha value is -1.85. The van der Waals surface area contributed by atoms with Crippen LogP contribution >= 0.6 is 11.3 Å². The highest BCUT2D eigenvalue weighted by Crippen LogP contribution is 2.32. The van der Waals surface area contributed by atoms with Crippen LogP contribution < -0.4 is 10.1 Å². The van der Waals surface area contributed by atoms with E-state index in [0.717, 1.165) is 16.2 Å². The van der Waals surface area contributed by atoms with Gasteiger partial charge in [-0.1, -0.05) is 18.2 Å². The van der Waals surface area contributed by atoms with Crippen molar-refractivity contribution in [3.63, 3.8) is 0 Å². The fourth-order valence-electron chi connectivity index (χ4n) is 2.37. The summed E-state index contributed by atoms with van der Waals surface area (Å²) >= 11 is 1.32. The maximum Gasteiger partial charge on any atom is 0.345 e. The summed E-state index contributed by atoms with van der Waals surface area (Å²) in [5.74, 6) is 0.0668. The summed E-state index contributed by atoms with van der Waals surface area (Å²) in [4.78, 5) is 12.4. The van der Waals surface area contributed by atoms with Crippen LogP contribution in [-0.4, -0.2) is 17.7 Å². The monoisotopic (exact) mass is 289 g/mol.